The first kappa shape index (κ1) is 33.7. The minimum atomic E-state index is 0.497. The van der Waals surface area contributed by atoms with E-state index in [0.717, 1.165) is 33.2 Å². The van der Waals surface area contributed by atoms with Crippen molar-refractivity contribution in [2.24, 2.45) is 0 Å². The minimum Gasteiger partial charge on any atom is -0.453 e. The van der Waals surface area contributed by atoms with Crippen molar-refractivity contribution in [3.8, 4) is 56.6 Å². The Hall–Kier alpha value is -8.21. The lowest BCUT2D eigenvalue weighted by molar-refractivity contribution is 0.625. The summed E-state index contributed by atoms with van der Waals surface area (Å²) in [6.07, 6.45) is 0. The molecule has 0 aliphatic heterocycles. The number of para-hydroxylation sites is 1. The molecule has 282 valence electrons. The summed E-state index contributed by atoms with van der Waals surface area (Å²) in [5.74, 6) is 2.29. The molecule has 0 bridgehead atoms. The van der Waals surface area contributed by atoms with Crippen molar-refractivity contribution in [3.63, 3.8) is 0 Å². The Bertz CT molecular complexity index is 3830. The summed E-state index contributed by atoms with van der Waals surface area (Å²) in [6.45, 7) is 0. The predicted octanol–water partition coefficient (Wildman–Crippen LogP) is 15.3. The van der Waals surface area contributed by atoms with Gasteiger partial charge in [-0.1, -0.05) is 170 Å². The van der Waals surface area contributed by atoms with Crippen LogP contribution in [0.5, 0.6) is 0 Å². The van der Waals surface area contributed by atoms with Crippen molar-refractivity contribution in [2.45, 2.75) is 0 Å². The summed E-state index contributed by atoms with van der Waals surface area (Å²) in [6, 6.07) is 71.6. The molecule has 0 N–H and O–H groups in total. The predicted molar refractivity (Wildman–Crippen MR) is 253 cm³/mol. The number of furan rings is 1. The summed E-state index contributed by atoms with van der Waals surface area (Å²) >= 11 is 0. The number of nitrogens with zero attached hydrogens (tertiary/aromatic N) is 3. The lowest BCUT2D eigenvalue weighted by atomic mass is 9.86. The van der Waals surface area contributed by atoms with E-state index >= 15 is 0 Å². The van der Waals surface area contributed by atoms with Crippen LogP contribution in [0, 0.1) is 0 Å². The van der Waals surface area contributed by atoms with Crippen molar-refractivity contribution in [2.75, 3.05) is 0 Å². The normalized spacial score (nSPS) is 11.9. The van der Waals surface area contributed by atoms with Gasteiger partial charge in [-0.15, -0.1) is 0 Å². The zero-order chi connectivity index (χ0) is 40.0. The maximum atomic E-state index is 6.24. The summed E-state index contributed by atoms with van der Waals surface area (Å²) in [7, 11) is 0. The Kier molecular flexibility index (Phi) is 7.27. The maximum Gasteiger partial charge on any atom is 0.199 e. The molecule has 0 saturated carbocycles. The van der Waals surface area contributed by atoms with E-state index in [1.807, 2.05) is 60.7 Å². The van der Waals surface area contributed by atoms with Gasteiger partial charge in [0.15, 0.2) is 23.2 Å². The molecule has 0 radical (unpaired) electrons. The molecule has 0 aliphatic carbocycles. The average molecular weight is 776 g/mol. The molecule has 0 fully saturated rings. The number of hydrogen-bond acceptors (Lipinski definition) is 4. The van der Waals surface area contributed by atoms with Gasteiger partial charge in [-0.25, -0.2) is 15.0 Å². The second-order valence-corrected chi connectivity index (χ2v) is 15.9. The molecule has 13 aromatic rings. The Balaban J connectivity index is 0.944. The van der Waals surface area contributed by atoms with E-state index in [1.165, 1.54) is 75.8 Å². The van der Waals surface area contributed by atoms with Crippen LogP contribution < -0.4 is 0 Å². The van der Waals surface area contributed by atoms with Gasteiger partial charge in [0, 0.05) is 16.5 Å². The molecule has 0 amide bonds. The van der Waals surface area contributed by atoms with Gasteiger partial charge in [0.2, 0.25) is 0 Å². The van der Waals surface area contributed by atoms with Crippen molar-refractivity contribution < 1.29 is 4.42 Å². The molecule has 0 aliphatic rings. The Morgan fingerprint density at radius 2 is 0.754 bits per heavy atom. The molecular weight excluding hydrogens is 743 g/mol. The van der Waals surface area contributed by atoms with E-state index < -0.39 is 0 Å². The molecule has 4 heteroatoms. The van der Waals surface area contributed by atoms with Gasteiger partial charge in [-0.05, 0) is 117 Å². The van der Waals surface area contributed by atoms with Crippen LogP contribution in [0.3, 0.4) is 0 Å². The molecule has 2 aromatic heterocycles. The number of hydrogen-bond donors (Lipinski definition) is 0. The smallest absolute Gasteiger partial charge is 0.199 e. The van der Waals surface area contributed by atoms with Crippen LogP contribution >= 0.6 is 0 Å². The highest BCUT2D eigenvalue weighted by atomic mass is 16.3. The van der Waals surface area contributed by atoms with Crippen LogP contribution in [0.2, 0.25) is 0 Å². The standard InChI is InChI=1S/C57H33N3O/c1-2-10-39(11-3-1)55-58-56(60-57(59-55)50-33-41-12-4-5-21-49(41)61-50)43-17-6-16-40(30-43)34-22-24-35(25-23-34)44-31-42-29-28-38-14-8-19-46-45-18-7-13-36-26-27-37-15-9-20-47(53(37)51(36)45)48(32-44)54(42)52(38)46/h1-33H. The highest BCUT2D eigenvalue weighted by Crippen LogP contribution is 2.44. The highest BCUT2D eigenvalue weighted by molar-refractivity contribution is 6.37. The molecule has 0 saturated heterocycles. The van der Waals surface area contributed by atoms with Crippen molar-refractivity contribution >= 4 is 75.6 Å². The highest BCUT2D eigenvalue weighted by Gasteiger charge is 2.18. The Morgan fingerprint density at radius 3 is 1.43 bits per heavy atom. The Labute approximate surface area is 350 Å². The van der Waals surface area contributed by atoms with Gasteiger partial charge in [-0.3, -0.25) is 0 Å². The quantitative estimate of drug-likeness (QED) is 0.163. The maximum absolute atomic E-state index is 6.24. The molecule has 4 nitrogen and oxygen atoms in total. The first-order valence-electron chi connectivity index (χ1n) is 20.7. The fraction of sp³-hybridized carbons (Fsp3) is 0. The monoisotopic (exact) mass is 775 g/mol. The second-order valence-electron chi connectivity index (χ2n) is 15.9. The van der Waals surface area contributed by atoms with Gasteiger partial charge < -0.3 is 4.42 Å². The Morgan fingerprint density at radius 1 is 0.262 bits per heavy atom. The third-order valence-electron chi connectivity index (χ3n) is 12.4. The molecule has 13 rings (SSSR count). The lowest BCUT2D eigenvalue weighted by Crippen LogP contribution is -1.99. The van der Waals surface area contributed by atoms with E-state index in [1.54, 1.807) is 0 Å². The van der Waals surface area contributed by atoms with Crippen molar-refractivity contribution in [1.29, 1.82) is 0 Å². The van der Waals surface area contributed by atoms with Gasteiger partial charge in [0.25, 0.3) is 0 Å². The third kappa shape index (κ3) is 5.36. The second kappa shape index (κ2) is 13.2. The van der Waals surface area contributed by atoms with Gasteiger partial charge in [0.1, 0.15) is 5.58 Å². The third-order valence-corrected chi connectivity index (χ3v) is 12.4. The van der Waals surface area contributed by atoms with Crippen molar-refractivity contribution in [3.05, 3.63) is 200 Å². The van der Waals surface area contributed by atoms with Crippen LogP contribution in [-0.4, -0.2) is 15.0 Å². The molecular formula is C57H33N3O. The largest absolute Gasteiger partial charge is 0.453 e. The molecule has 2 heterocycles. The van der Waals surface area contributed by atoms with E-state index in [2.05, 4.69) is 140 Å². The SMILES string of the molecule is c1ccc(-c2nc(-c3cccc(-c4ccc(-c5cc6ccc7cccc8c9cccc%10ccc%11cccc(c(c5)c6c78)c%11c%109)cc4)c3)nc(-c3cc4ccccc4o3)n2)cc1. The zero-order valence-electron chi connectivity index (χ0n) is 32.8. The summed E-state index contributed by atoms with van der Waals surface area (Å²) in [4.78, 5) is 14.9. The summed E-state index contributed by atoms with van der Waals surface area (Å²) in [5.41, 5.74) is 7.15. The van der Waals surface area contributed by atoms with Crippen LogP contribution in [0.25, 0.3) is 132 Å². The van der Waals surface area contributed by atoms with Gasteiger partial charge in [-0.2, -0.15) is 0 Å². The van der Waals surface area contributed by atoms with E-state index in [4.69, 9.17) is 19.4 Å². The molecule has 0 atom stereocenters. The summed E-state index contributed by atoms with van der Waals surface area (Å²) < 4.78 is 6.24. The van der Waals surface area contributed by atoms with Gasteiger partial charge >= 0.3 is 0 Å². The zero-order valence-corrected chi connectivity index (χ0v) is 32.8. The van der Waals surface area contributed by atoms with E-state index in [9.17, 15) is 0 Å². The minimum absolute atomic E-state index is 0.497. The number of fused-ring (bicyclic) bond motifs is 3. The number of rotatable bonds is 5. The van der Waals surface area contributed by atoms with Crippen LogP contribution in [-0.2, 0) is 0 Å². The van der Waals surface area contributed by atoms with Gasteiger partial charge in [0.05, 0.1) is 0 Å². The van der Waals surface area contributed by atoms with Crippen molar-refractivity contribution in [1.82, 2.24) is 15.0 Å². The average Bonchev–Trinajstić information content (AvgIpc) is 3.78. The van der Waals surface area contributed by atoms with Crippen LogP contribution in [0.4, 0.5) is 0 Å². The molecule has 61 heavy (non-hydrogen) atoms. The molecule has 11 aromatic carbocycles. The number of aromatic nitrogens is 3. The van der Waals surface area contributed by atoms with E-state index in [-0.39, 0.29) is 0 Å². The lowest BCUT2D eigenvalue weighted by Gasteiger charge is -2.17. The number of benzene rings is 10. The van der Waals surface area contributed by atoms with Crippen LogP contribution in [0.15, 0.2) is 205 Å². The topological polar surface area (TPSA) is 51.8 Å². The van der Waals surface area contributed by atoms with E-state index in [0.29, 0.717) is 23.2 Å². The molecule has 0 spiro atoms. The fourth-order valence-electron chi connectivity index (χ4n) is 9.57. The first-order chi connectivity index (χ1) is 30.2. The summed E-state index contributed by atoms with van der Waals surface area (Å²) in [5, 5.41) is 16.4. The fourth-order valence-corrected chi connectivity index (χ4v) is 9.57. The van der Waals surface area contributed by atoms with Crippen LogP contribution in [0.1, 0.15) is 0 Å². The molecule has 0 unspecified atom stereocenters. The first-order valence-corrected chi connectivity index (χ1v) is 20.7.